The molecule has 1 aliphatic rings. The number of hydrogen-bond donors (Lipinski definition) is 1. The Morgan fingerprint density at radius 1 is 1.28 bits per heavy atom. The van der Waals surface area contributed by atoms with Gasteiger partial charge in [0.15, 0.2) is 24.2 Å². The molecule has 0 saturated carbocycles. The van der Waals surface area contributed by atoms with Crippen molar-refractivity contribution in [3.05, 3.63) is 30.0 Å². The monoisotopic (exact) mass is 348 g/mol. The Hall–Kier alpha value is -3.23. The van der Waals surface area contributed by atoms with Gasteiger partial charge in [0.25, 0.3) is 11.8 Å². The minimum absolute atomic E-state index is 0.145. The van der Waals surface area contributed by atoms with E-state index in [9.17, 15) is 9.59 Å². The van der Waals surface area contributed by atoms with Gasteiger partial charge < -0.3 is 28.8 Å². The Morgan fingerprint density at radius 2 is 2.08 bits per heavy atom. The van der Waals surface area contributed by atoms with E-state index in [2.05, 4.69) is 10.5 Å². The number of amides is 1. The van der Waals surface area contributed by atoms with Crippen LogP contribution in [0.3, 0.4) is 0 Å². The first-order chi connectivity index (χ1) is 12.0. The summed E-state index contributed by atoms with van der Waals surface area (Å²) in [4.78, 5) is 23.8. The number of carbonyl (C=O) groups excluding carboxylic acids is 2. The van der Waals surface area contributed by atoms with Crippen LogP contribution in [0.25, 0.3) is 0 Å². The van der Waals surface area contributed by atoms with E-state index >= 15 is 0 Å². The number of esters is 1. The minimum atomic E-state index is -0.999. The molecule has 9 heteroatoms. The maximum Gasteiger partial charge on any atom is 0.345 e. The molecular weight excluding hydrogens is 332 g/mol. The van der Waals surface area contributed by atoms with Crippen molar-refractivity contribution in [2.75, 3.05) is 18.7 Å². The van der Waals surface area contributed by atoms with E-state index in [4.69, 9.17) is 23.5 Å². The zero-order valence-corrected chi connectivity index (χ0v) is 13.6. The number of fused-ring (bicyclic) bond motifs is 1. The summed E-state index contributed by atoms with van der Waals surface area (Å²) in [6.07, 6.45) is -0.999. The first kappa shape index (κ1) is 16.6. The summed E-state index contributed by atoms with van der Waals surface area (Å²) >= 11 is 0. The molecule has 1 atom stereocenters. The van der Waals surface area contributed by atoms with E-state index in [1.54, 1.807) is 25.1 Å². The normalized spacial score (nSPS) is 13.2. The lowest BCUT2D eigenvalue weighted by Gasteiger charge is -2.13. The minimum Gasteiger partial charge on any atom is -0.463 e. The Kier molecular flexibility index (Phi) is 4.73. The fourth-order valence-corrected chi connectivity index (χ4v) is 2.05. The number of anilines is 1. The number of benzene rings is 1. The smallest absolute Gasteiger partial charge is 0.345 e. The molecule has 1 aliphatic heterocycles. The van der Waals surface area contributed by atoms with Gasteiger partial charge >= 0.3 is 5.97 Å². The lowest BCUT2D eigenvalue weighted by molar-refractivity contribution is -0.155. The number of nitrogens with zero attached hydrogens (tertiary/aromatic N) is 1. The van der Waals surface area contributed by atoms with Crippen LogP contribution in [0.15, 0.2) is 28.8 Å². The van der Waals surface area contributed by atoms with Crippen molar-refractivity contribution in [1.29, 1.82) is 0 Å². The number of ether oxygens (including phenoxy) is 4. The summed E-state index contributed by atoms with van der Waals surface area (Å²) in [7, 11) is 0. The van der Waals surface area contributed by atoms with Crippen molar-refractivity contribution in [1.82, 2.24) is 5.16 Å². The number of hydrogen-bond acceptors (Lipinski definition) is 8. The highest BCUT2D eigenvalue weighted by Gasteiger charge is 2.20. The van der Waals surface area contributed by atoms with Gasteiger partial charge in [0.2, 0.25) is 6.79 Å². The van der Waals surface area contributed by atoms with Gasteiger partial charge in [0, 0.05) is 17.8 Å². The van der Waals surface area contributed by atoms with Gasteiger partial charge in [0.1, 0.15) is 5.76 Å². The quantitative estimate of drug-likeness (QED) is 0.785. The Labute approximate surface area is 142 Å². The molecule has 0 spiro atoms. The number of aryl methyl sites for hydroxylation is 1. The van der Waals surface area contributed by atoms with Gasteiger partial charge in [-0.1, -0.05) is 0 Å². The van der Waals surface area contributed by atoms with Gasteiger partial charge in [0.05, 0.1) is 0 Å². The van der Waals surface area contributed by atoms with Gasteiger partial charge in [-0.2, -0.15) is 0 Å². The topological polar surface area (TPSA) is 109 Å². The number of nitrogens with one attached hydrogen (secondary N) is 1. The SMILES string of the molecule is Cc1cc(OCC(=O)O[C@H](C)C(=O)Nc2ccc3c(c2)OCO3)no1. The maximum absolute atomic E-state index is 12.1. The molecule has 25 heavy (non-hydrogen) atoms. The van der Waals surface area contributed by atoms with Crippen LogP contribution in [0.4, 0.5) is 5.69 Å². The molecule has 0 unspecified atom stereocenters. The second kappa shape index (κ2) is 7.12. The predicted molar refractivity (Wildman–Crippen MR) is 83.5 cm³/mol. The van der Waals surface area contributed by atoms with Gasteiger partial charge in [-0.15, -0.1) is 0 Å². The van der Waals surface area contributed by atoms with Crippen molar-refractivity contribution in [3.8, 4) is 17.4 Å². The van der Waals surface area contributed by atoms with Crippen LogP contribution in [0.2, 0.25) is 0 Å². The van der Waals surface area contributed by atoms with Gasteiger partial charge in [-0.3, -0.25) is 4.79 Å². The highest BCUT2D eigenvalue weighted by atomic mass is 16.7. The summed E-state index contributed by atoms with van der Waals surface area (Å²) in [5.41, 5.74) is 0.506. The number of rotatable bonds is 6. The highest BCUT2D eigenvalue weighted by molar-refractivity contribution is 5.95. The van der Waals surface area contributed by atoms with E-state index < -0.39 is 18.0 Å². The molecule has 3 rings (SSSR count). The van der Waals surface area contributed by atoms with Crippen LogP contribution < -0.4 is 19.5 Å². The van der Waals surface area contributed by atoms with E-state index in [0.717, 1.165) is 0 Å². The van der Waals surface area contributed by atoms with Crippen molar-refractivity contribution < 1.29 is 33.1 Å². The molecule has 0 radical (unpaired) electrons. The highest BCUT2D eigenvalue weighted by Crippen LogP contribution is 2.34. The Bertz CT molecular complexity index is 787. The fraction of sp³-hybridized carbons (Fsp3) is 0.312. The van der Waals surface area contributed by atoms with Crippen LogP contribution in [0.1, 0.15) is 12.7 Å². The predicted octanol–water partition coefficient (Wildman–Crippen LogP) is 1.66. The molecule has 1 N–H and O–H groups in total. The standard InChI is InChI=1S/C16H16N2O7/c1-9-5-14(18-25-9)21-7-15(19)24-10(2)16(20)17-11-3-4-12-13(6-11)23-8-22-12/h3-6,10H,7-8H2,1-2H3,(H,17,20)/t10-/m1/s1. The third-order valence-corrected chi connectivity index (χ3v) is 3.26. The van der Waals surface area contributed by atoms with Gasteiger partial charge in [-0.25, -0.2) is 4.79 Å². The fourth-order valence-electron chi connectivity index (χ4n) is 2.05. The van der Waals surface area contributed by atoms with Crippen LogP contribution in [-0.4, -0.2) is 36.5 Å². The van der Waals surface area contributed by atoms with Crippen LogP contribution in [-0.2, 0) is 14.3 Å². The largest absolute Gasteiger partial charge is 0.463 e. The van der Waals surface area contributed by atoms with E-state index in [1.165, 1.54) is 13.0 Å². The summed E-state index contributed by atoms with van der Waals surface area (Å²) < 4.78 is 25.3. The van der Waals surface area contributed by atoms with E-state index in [1.807, 2.05) is 0 Å². The van der Waals surface area contributed by atoms with Gasteiger partial charge in [-0.05, 0) is 31.1 Å². The Balaban J connectivity index is 1.47. The van der Waals surface area contributed by atoms with Crippen molar-refractivity contribution in [2.24, 2.45) is 0 Å². The average Bonchev–Trinajstić information content (AvgIpc) is 3.21. The molecule has 0 bridgehead atoms. The second-order valence-electron chi connectivity index (χ2n) is 5.25. The zero-order valence-electron chi connectivity index (χ0n) is 13.6. The number of aromatic nitrogens is 1. The molecule has 0 fully saturated rings. The van der Waals surface area contributed by atoms with Crippen molar-refractivity contribution >= 4 is 17.6 Å². The second-order valence-corrected chi connectivity index (χ2v) is 5.25. The molecule has 1 amide bonds. The molecular formula is C16H16N2O7. The summed E-state index contributed by atoms with van der Waals surface area (Å²) in [5.74, 6) is 0.696. The van der Waals surface area contributed by atoms with Crippen molar-refractivity contribution in [3.63, 3.8) is 0 Å². The third-order valence-electron chi connectivity index (χ3n) is 3.26. The molecule has 0 aliphatic carbocycles. The van der Waals surface area contributed by atoms with Crippen LogP contribution in [0.5, 0.6) is 17.4 Å². The molecule has 2 heterocycles. The van der Waals surface area contributed by atoms with E-state index in [0.29, 0.717) is 22.9 Å². The molecule has 0 saturated heterocycles. The molecule has 9 nitrogen and oxygen atoms in total. The lowest BCUT2D eigenvalue weighted by Crippen LogP contribution is -2.31. The summed E-state index contributed by atoms with van der Waals surface area (Å²) in [6, 6.07) is 6.51. The molecule has 1 aromatic heterocycles. The zero-order chi connectivity index (χ0) is 17.8. The maximum atomic E-state index is 12.1. The lowest BCUT2D eigenvalue weighted by atomic mass is 10.2. The Morgan fingerprint density at radius 3 is 2.84 bits per heavy atom. The van der Waals surface area contributed by atoms with Crippen LogP contribution in [0, 0.1) is 6.92 Å². The summed E-state index contributed by atoms with van der Waals surface area (Å²) in [5, 5.41) is 6.21. The van der Waals surface area contributed by atoms with Crippen LogP contribution >= 0.6 is 0 Å². The number of carbonyl (C=O) groups is 2. The first-order valence-electron chi connectivity index (χ1n) is 7.47. The molecule has 2 aromatic rings. The molecule has 1 aromatic carbocycles. The third kappa shape index (κ3) is 4.19. The average molecular weight is 348 g/mol. The first-order valence-corrected chi connectivity index (χ1v) is 7.47. The van der Waals surface area contributed by atoms with Crippen molar-refractivity contribution in [2.45, 2.75) is 20.0 Å². The molecule has 132 valence electrons. The summed E-state index contributed by atoms with van der Waals surface area (Å²) in [6.45, 7) is 2.92. The van der Waals surface area contributed by atoms with E-state index in [-0.39, 0.29) is 19.3 Å².